The molecular formula is C11H19N3OS. The van der Waals surface area contributed by atoms with Crippen molar-refractivity contribution in [1.82, 2.24) is 14.8 Å². The molecule has 2 atom stereocenters. The predicted octanol–water partition coefficient (Wildman–Crippen LogP) is 2.49. The van der Waals surface area contributed by atoms with Gasteiger partial charge in [0.15, 0.2) is 4.77 Å². The van der Waals surface area contributed by atoms with Crippen LogP contribution in [0.5, 0.6) is 0 Å². The highest BCUT2D eigenvalue weighted by atomic mass is 32.1. The van der Waals surface area contributed by atoms with Crippen molar-refractivity contribution in [1.29, 1.82) is 0 Å². The van der Waals surface area contributed by atoms with Gasteiger partial charge in [0, 0.05) is 25.0 Å². The predicted molar refractivity (Wildman–Crippen MR) is 65.0 cm³/mol. The molecule has 0 saturated heterocycles. The Morgan fingerprint density at radius 3 is 2.81 bits per heavy atom. The quantitative estimate of drug-likeness (QED) is 0.827. The maximum absolute atomic E-state index is 5.47. The Balaban J connectivity index is 2.33. The molecular weight excluding hydrogens is 222 g/mol. The molecule has 1 N–H and O–H groups in total. The summed E-state index contributed by atoms with van der Waals surface area (Å²) in [5, 5.41) is 7.14. The second-order valence-corrected chi connectivity index (χ2v) is 5.35. The monoisotopic (exact) mass is 241 g/mol. The Hall–Kier alpha value is -0.680. The van der Waals surface area contributed by atoms with E-state index in [9.17, 15) is 0 Å². The number of rotatable bonds is 3. The zero-order valence-electron chi connectivity index (χ0n) is 10.3. The molecule has 0 bridgehead atoms. The van der Waals surface area contributed by atoms with Crippen molar-refractivity contribution in [3.05, 3.63) is 10.6 Å². The number of methoxy groups -OCH3 is 1. The minimum Gasteiger partial charge on any atom is -0.381 e. The number of aromatic amines is 1. The lowest BCUT2D eigenvalue weighted by Gasteiger charge is -2.51. The largest absolute Gasteiger partial charge is 0.381 e. The number of ether oxygens (including phenoxy) is 1. The lowest BCUT2D eigenvalue weighted by molar-refractivity contribution is -0.113. The van der Waals surface area contributed by atoms with E-state index in [0.717, 1.165) is 23.4 Å². The SMILES string of the molecule is CCc1n[nH]c(=S)n1C1CC(OC)C1(C)C. The molecule has 1 aromatic rings. The molecule has 2 rings (SSSR count). The molecule has 1 aromatic heterocycles. The van der Waals surface area contributed by atoms with E-state index in [1.807, 2.05) is 0 Å². The van der Waals surface area contributed by atoms with Crippen LogP contribution in [0.3, 0.4) is 0 Å². The minimum absolute atomic E-state index is 0.126. The highest BCUT2D eigenvalue weighted by Crippen LogP contribution is 2.51. The molecule has 0 aliphatic heterocycles. The van der Waals surface area contributed by atoms with Crippen LogP contribution >= 0.6 is 12.2 Å². The van der Waals surface area contributed by atoms with Gasteiger partial charge in [0.05, 0.1) is 6.10 Å². The van der Waals surface area contributed by atoms with Crippen molar-refractivity contribution < 1.29 is 4.74 Å². The summed E-state index contributed by atoms with van der Waals surface area (Å²) in [7, 11) is 1.78. The first-order valence-corrected chi connectivity index (χ1v) is 6.11. The van der Waals surface area contributed by atoms with Gasteiger partial charge in [0.2, 0.25) is 0 Å². The van der Waals surface area contributed by atoms with E-state index >= 15 is 0 Å². The van der Waals surface area contributed by atoms with Crippen molar-refractivity contribution in [2.45, 2.75) is 45.8 Å². The third-order valence-corrected chi connectivity index (χ3v) is 4.10. The van der Waals surface area contributed by atoms with E-state index in [2.05, 4.69) is 35.5 Å². The van der Waals surface area contributed by atoms with E-state index in [0.29, 0.717) is 12.1 Å². The molecule has 5 heteroatoms. The van der Waals surface area contributed by atoms with E-state index in [1.54, 1.807) is 7.11 Å². The van der Waals surface area contributed by atoms with Crippen molar-refractivity contribution >= 4 is 12.2 Å². The first kappa shape index (κ1) is 11.8. The summed E-state index contributed by atoms with van der Waals surface area (Å²) in [6.45, 7) is 6.55. The molecule has 0 aromatic carbocycles. The van der Waals surface area contributed by atoms with Crippen LogP contribution in [0.2, 0.25) is 0 Å². The third-order valence-electron chi connectivity index (χ3n) is 3.82. The van der Waals surface area contributed by atoms with Crippen LogP contribution in [0.1, 0.15) is 39.1 Å². The molecule has 1 aliphatic rings. The van der Waals surface area contributed by atoms with Gasteiger partial charge in [-0.3, -0.25) is 5.10 Å². The van der Waals surface area contributed by atoms with Crippen molar-refractivity contribution in [3.8, 4) is 0 Å². The molecule has 0 radical (unpaired) electrons. The maximum Gasteiger partial charge on any atom is 0.195 e. The van der Waals surface area contributed by atoms with Gasteiger partial charge in [0.25, 0.3) is 0 Å². The Labute approximate surface area is 101 Å². The highest BCUT2D eigenvalue weighted by molar-refractivity contribution is 7.71. The van der Waals surface area contributed by atoms with Gasteiger partial charge < -0.3 is 9.30 Å². The van der Waals surface area contributed by atoms with Crippen LogP contribution in [0.4, 0.5) is 0 Å². The fraction of sp³-hybridized carbons (Fsp3) is 0.818. The van der Waals surface area contributed by atoms with Crippen LogP contribution in [0.25, 0.3) is 0 Å². The maximum atomic E-state index is 5.47. The fourth-order valence-corrected chi connectivity index (χ4v) is 2.89. The molecule has 0 amide bonds. The lowest BCUT2D eigenvalue weighted by atomic mass is 9.64. The van der Waals surface area contributed by atoms with Crippen molar-refractivity contribution in [3.63, 3.8) is 0 Å². The van der Waals surface area contributed by atoms with E-state index in [1.165, 1.54) is 0 Å². The van der Waals surface area contributed by atoms with Crippen LogP contribution in [0, 0.1) is 10.2 Å². The Morgan fingerprint density at radius 2 is 2.31 bits per heavy atom. The Morgan fingerprint density at radius 1 is 1.62 bits per heavy atom. The molecule has 1 heterocycles. The van der Waals surface area contributed by atoms with Crippen LogP contribution in [0.15, 0.2) is 0 Å². The molecule has 90 valence electrons. The topological polar surface area (TPSA) is 42.8 Å². The van der Waals surface area contributed by atoms with E-state index in [-0.39, 0.29) is 5.41 Å². The summed E-state index contributed by atoms with van der Waals surface area (Å²) in [4.78, 5) is 0. The number of hydrogen-bond donors (Lipinski definition) is 1. The number of aryl methyl sites for hydroxylation is 1. The minimum atomic E-state index is 0.126. The van der Waals surface area contributed by atoms with Gasteiger partial charge >= 0.3 is 0 Å². The standard InChI is InChI=1S/C11H19N3OS/c1-5-9-12-13-10(16)14(9)7-6-8(15-4)11(7,2)3/h7-8H,5-6H2,1-4H3,(H,13,16). The summed E-state index contributed by atoms with van der Waals surface area (Å²) >= 11 is 5.30. The average molecular weight is 241 g/mol. The summed E-state index contributed by atoms with van der Waals surface area (Å²) in [5.41, 5.74) is 0.126. The number of nitrogens with zero attached hydrogens (tertiary/aromatic N) is 2. The van der Waals surface area contributed by atoms with Gasteiger partial charge in [-0.1, -0.05) is 20.8 Å². The number of hydrogen-bond acceptors (Lipinski definition) is 3. The Kier molecular flexibility index (Phi) is 2.92. The van der Waals surface area contributed by atoms with E-state index in [4.69, 9.17) is 17.0 Å². The van der Waals surface area contributed by atoms with Crippen LogP contribution in [-0.2, 0) is 11.2 Å². The lowest BCUT2D eigenvalue weighted by Crippen LogP contribution is -2.51. The van der Waals surface area contributed by atoms with Crippen molar-refractivity contribution in [2.24, 2.45) is 5.41 Å². The van der Waals surface area contributed by atoms with Gasteiger partial charge in [-0.2, -0.15) is 5.10 Å². The third kappa shape index (κ3) is 1.53. The molecule has 1 aliphatic carbocycles. The fourth-order valence-electron chi connectivity index (χ4n) is 2.61. The second-order valence-electron chi connectivity index (χ2n) is 4.97. The summed E-state index contributed by atoms with van der Waals surface area (Å²) in [6, 6.07) is 0.402. The zero-order valence-corrected chi connectivity index (χ0v) is 11.1. The van der Waals surface area contributed by atoms with Crippen LogP contribution < -0.4 is 0 Å². The van der Waals surface area contributed by atoms with Crippen molar-refractivity contribution in [2.75, 3.05) is 7.11 Å². The molecule has 16 heavy (non-hydrogen) atoms. The normalized spacial score (nSPS) is 27.8. The summed E-state index contributed by atoms with van der Waals surface area (Å²) in [6.07, 6.45) is 2.24. The molecule has 2 unspecified atom stereocenters. The first-order valence-electron chi connectivity index (χ1n) is 5.71. The first-order chi connectivity index (χ1) is 7.52. The smallest absolute Gasteiger partial charge is 0.195 e. The Bertz CT molecular complexity index is 435. The molecule has 1 fully saturated rings. The van der Waals surface area contributed by atoms with E-state index < -0.39 is 0 Å². The zero-order chi connectivity index (χ0) is 11.9. The average Bonchev–Trinajstić information content (AvgIpc) is 2.59. The number of aromatic nitrogens is 3. The number of nitrogens with one attached hydrogen (secondary N) is 1. The summed E-state index contributed by atoms with van der Waals surface area (Å²) in [5.74, 6) is 1.04. The molecule has 0 spiro atoms. The highest BCUT2D eigenvalue weighted by Gasteiger charge is 2.50. The van der Waals surface area contributed by atoms with Gasteiger partial charge in [-0.25, -0.2) is 0 Å². The molecule has 1 saturated carbocycles. The van der Waals surface area contributed by atoms with Gasteiger partial charge in [-0.05, 0) is 18.6 Å². The van der Waals surface area contributed by atoms with Gasteiger partial charge in [0.1, 0.15) is 5.82 Å². The van der Waals surface area contributed by atoms with Gasteiger partial charge in [-0.15, -0.1) is 0 Å². The number of H-pyrrole nitrogens is 1. The van der Waals surface area contributed by atoms with Crippen LogP contribution in [-0.4, -0.2) is 28.0 Å². The summed E-state index contributed by atoms with van der Waals surface area (Å²) < 4.78 is 8.35. The molecule has 4 nitrogen and oxygen atoms in total. The second kappa shape index (κ2) is 3.96.